The number of carbonyl (C=O) groups is 1. The molecule has 2 rings (SSSR count). The van der Waals surface area contributed by atoms with Crippen molar-refractivity contribution in [3.05, 3.63) is 41.8 Å². The summed E-state index contributed by atoms with van der Waals surface area (Å²) >= 11 is 0. The first-order chi connectivity index (χ1) is 10.1. The first-order valence-corrected chi connectivity index (χ1v) is 7.06. The lowest BCUT2D eigenvalue weighted by Gasteiger charge is -2.17. The highest BCUT2D eigenvalue weighted by molar-refractivity contribution is 5.69. The quantitative estimate of drug-likeness (QED) is 0.848. The van der Waals surface area contributed by atoms with E-state index in [4.69, 9.17) is 9.52 Å². The number of hydrogen-bond donors (Lipinski definition) is 1. The SMILES string of the molecule is CCCN(CC(=O)O)Cc1nc(-c2ccccc2)oc1C. The van der Waals surface area contributed by atoms with Crippen LogP contribution in [0.15, 0.2) is 34.7 Å². The van der Waals surface area contributed by atoms with E-state index in [-0.39, 0.29) is 6.54 Å². The Hall–Kier alpha value is -2.14. The Morgan fingerprint density at radius 1 is 1.33 bits per heavy atom. The second-order valence-electron chi connectivity index (χ2n) is 4.99. The normalized spacial score (nSPS) is 11.0. The van der Waals surface area contributed by atoms with Crippen molar-refractivity contribution in [2.75, 3.05) is 13.1 Å². The van der Waals surface area contributed by atoms with Gasteiger partial charge in [0.2, 0.25) is 5.89 Å². The van der Waals surface area contributed by atoms with Crippen molar-refractivity contribution in [2.45, 2.75) is 26.8 Å². The summed E-state index contributed by atoms with van der Waals surface area (Å²) in [6.07, 6.45) is 0.899. The fourth-order valence-electron chi connectivity index (χ4n) is 2.21. The molecule has 0 atom stereocenters. The van der Waals surface area contributed by atoms with Crippen LogP contribution in [0.1, 0.15) is 24.8 Å². The van der Waals surface area contributed by atoms with Crippen molar-refractivity contribution in [1.82, 2.24) is 9.88 Å². The van der Waals surface area contributed by atoms with Crippen molar-refractivity contribution in [3.8, 4) is 11.5 Å². The van der Waals surface area contributed by atoms with Crippen molar-refractivity contribution in [2.24, 2.45) is 0 Å². The van der Waals surface area contributed by atoms with Gasteiger partial charge in [0.1, 0.15) is 5.76 Å². The van der Waals surface area contributed by atoms with E-state index in [1.54, 1.807) is 0 Å². The fourth-order valence-corrected chi connectivity index (χ4v) is 2.21. The maximum absolute atomic E-state index is 10.9. The van der Waals surface area contributed by atoms with Crippen LogP contribution in [0.2, 0.25) is 0 Å². The molecule has 1 N–H and O–H groups in total. The molecule has 1 heterocycles. The topological polar surface area (TPSA) is 66.6 Å². The highest BCUT2D eigenvalue weighted by Crippen LogP contribution is 2.22. The minimum atomic E-state index is -0.826. The minimum absolute atomic E-state index is 0.0147. The molecular formula is C16H20N2O3. The lowest BCUT2D eigenvalue weighted by atomic mass is 10.2. The Kier molecular flexibility index (Phi) is 5.11. The van der Waals surface area contributed by atoms with Crippen molar-refractivity contribution < 1.29 is 14.3 Å². The monoisotopic (exact) mass is 288 g/mol. The van der Waals surface area contributed by atoms with Crippen molar-refractivity contribution >= 4 is 5.97 Å². The molecule has 5 heteroatoms. The summed E-state index contributed by atoms with van der Waals surface area (Å²) < 4.78 is 5.70. The van der Waals surface area contributed by atoms with Crippen LogP contribution >= 0.6 is 0 Å². The van der Waals surface area contributed by atoms with Crippen LogP contribution in [0.5, 0.6) is 0 Å². The number of rotatable bonds is 7. The van der Waals surface area contributed by atoms with Crippen LogP contribution in [-0.4, -0.2) is 34.0 Å². The number of nitrogens with zero attached hydrogens (tertiary/aromatic N) is 2. The lowest BCUT2D eigenvalue weighted by molar-refractivity contribution is -0.138. The molecule has 0 radical (unpaired) electrons. The van der Waals surface area contributed by atoms with Gasteiger partial charge in [0.05, 0.1) is 12.2 Å². The highest BCUT2D eigenvalue weighted by atomic mass is 16.4. The second-order valence-corrected chi connectivity index (χ2v) is 4.99. The zero-order valence-corrected chi connectivity index (χ0v) is 12.4. The number of carboxylic acids is 1. The molecule has 1 aromatic heterocycles. The number of benzene rings is 1. The number of carboxylic acid groups (broad SMARTS) is 1. The third kappa shape index (κ3) is 4.16. The van der Waals surface area contributed by atoms with E-state index in [0.717, 1.165) is 30.0 Å². The smallest absolute Gasteiger partial charge is 0.317 e. The largest absolute Gasteiger partial charge is 0.480 e. The lowest BCUT2D eigenvalue weighted by Crippen LogP contribution is -2.30. The zero-order chi connectivity index (χ0) is 15.2. The summed E-state index contributed by atoms with van der Waals surface area (Å²) in [6.45, 7) is 5.11. The van der Waals surface area contributed by atoms with Crippen molar-refractivity contribution in [1.29, 1.82) is 0 Å². The summed E-state index contributed by atoms with van der Waals surface area (Å²) in [5.74, 6) is 0.489. The molecule has 0 aliphatic heterocycles. The molecule has 0 aliphatic rings. The van der Waals surface area contributed by atoms with Gasteiger partial charge in [-0.3, -0.25) is 9.69 Å². The predicted molar refractivity (Wildman–Crippen MR) is 79.9 cm³/mol. The average molecular weight is 288 g/mol. The van der Waals surface area contributed by atoms with Crippen LogP contribution < -0.4 is 0 Å². The Balaban J connectivity index is 2.16. The molecule has 2 aromatic rings. The molecule has 0 bridgehead atoms. The molecule has 0 spiro atoms. The number of oxazole rings is 1. The summed E-state index contributed by atoms with van der Waals surface area (Å²) in [4.78, 5) is 17.3. The predicted octanol–water partition coefficient (Wildman–Crippen LogP) is 2.95. The van der Waals surface area contributed by atoms with E-state index in [0.29, 0.717) is 12.4 Å². The van der Waals surface area contributed by atoms with E-state index in [2.05, 4.69) is 4.98 Å². The minimum Gasteiger partial charge on any atom is -0.480 e. The number of aromatic nitrogens is 1. The zero-order valence-electron chi connectivity index (χ0n) is 12.4. The Labute approximate surface area is 124 Å². The molecular weight excluding hydrogens is 268 g/mol. The summed E-state index contributed by atoms with van der Waals surface area (Å²) in [6, 6.07) is 9.69. The van der Waals surface area contributed by atoms with Gasteiger partial charge in [-0.1, -0.05) is 25.1 Å². The highest BCUT2D eigenvalue weighted by Gasteiger charge is 2.16. The molecule has 5 nitrogen and oxygen atoms in total. The number of aliphatic carboxylic acids is 1. The maximum atomic E-state index is 10.9. The standard InChI is InChI=1S/C16H20N2O3/c1-3-9-18(11-15(19)20)10-14-12(2)21-16(17-14)13-7-5-4-6-8-13/h4-8H,3,9-11H2,1-2H3,(H,19,20). The second kappa shape index (κ2) is 7.04. The molecule has 0 aliphatic carbocycles. The third-order valence-corrected chi connectivity index (χ3v) is 3.19. The molecule has 0 saturated carbocycles. The number of hydrogen-bond acceptors (Lipinski definition) is 4. The molecule has 0 amide bonds. The van der Waals surface area contributed by atoms with Crippen molar-refractivity contribution in [3.63, 3.8) is 0 Å². The van der Waals surface area contributed by atoms with Crippen LogP contribution in [0, 0.1) is 6.92 Å². The van der Waals surface area contributed by atoms with E-state index in [9.17, 15) is 4.79 Å². The van der Waals surface area contributed by atoms with Gasteiger partial charge in [0.15, 0.2) is 0 Å². The number of aryl methyl sites for hydroxylation is 1. The fraction of sp³-hybridized carbons (Fsp3) is 0.375. The van der Waals surface area contributed by atoms with E-state index in [1.807, 2.05) is 49.1 Å². The van der Waals surface area contributed by atoms with Crippen LogP contribution in [0.3, 0.4) is 0 Å². The molecule has 1 aromatic carbocycles. The molecule has 21 heavy (non-hydrogen) atoms. The van der Waals surface area contributed by atoms with Gasteiger partial charge >= 0.3 is 5.97 Å². The van der Waals surface area contributed by atoms with Crippen LogP contribution in [0.4, 0.5) is 0 Å². The first-order valence-electron chi connectivity index (χ1n) is 7.06. The molecule has 112 valence electrons. The average Bonchev–Trinajstić information content (AvgIpc) is 2.81. The third-order valence-electron chi connectivity index (χ3n) is 3.19. The van der Waals surface area contributed by atoms with Gasteiger partial charge in [-0.25, -0.2) is 4.98 Å². The summed E-state index contributed by atoms with van der Waals surface area (Å²) in [7, 11) is 0. The maximum Gasteiger partial charge on any atom is 0.317 e. The molecule has 0 fully saturated rings. The van der Waals surface area contributed by atoms with Gasteiger partial charge in [0, 0.05) is 12.1 Å². The van der Waals surface area contributed by atoms with Crippen LogP contribution in [0.25, 0.3) is 11.5 Å². The van der Waals surface area contributed by atoms with Gasteiger partial charge in [-0.2, -0.15) is 0 Å². The van der Waals surface area contributed by atoms with E-state index in [1.165, 1.54) is 0 Å². The van der Waals surface area contributed by atoms with E-state index < -0.39 is 5.97 Å². The van der Waals surface area contributed by atoms with Gasteiger partial charge in [-0.05, 0) is 32.0 Å². The van der Waals surface area contributed by atoms with Gasteiger partial charge in [-0.15, -0.1) is 0 Å². The first kappa shape index (κ1) is 15.3. The van der Waals surface area contributed by atoms with Gasteiger partial charge in [0.25, 0.3) is 0 Å². The Bertz CT molecular complexity index is 593. The Morgan fingerprint density at radius 3 is 2.67 bits per heavy atom. The van der Waals surface area contributed by atoms with E-state index >= 15 is 0 Å². The Morgan fingerprint density at radius 2 is 2.05 bits per heavy atom. The summed E-state index contributed by atoms with van der Waals surface area (Å²) in [5.41, 5.74) is 1.72. The summed E-state index contributed by atoms with van der Waals surface area (Å²) in [5, 5.41) is 8.96. The van der Waals surface area contributed by atoms with Gasteiger partial charge < -0.3 is 9.52 Å². The molecule has 0 unspecified atom stereocenters. The van der Waals surface area contributed by atoms with Crippen LogP contribution in [-0.2, 0) is 11.3 Å². The molecule has 0 saturated heterocycles.